The van der Waals surface area contributed by atoms with Gasteiger partial charge >= 0.3 is 0 Å². The Morgan fingerprint density at radius 2 is 1.77 bits per heavy atom. The lowest BCUT2D eigenvalue weighted by molar-refractivity contribution is -0.114. The molecule has 0 saturated heterocycles. The van der Waals surface area contributed by atoms with E-state index in [9.17, 15) is 9.59 Å². The summed E-state index contributed by atoms with van der Waals surface area (Å²) >= 11 is 12.1. The van der Waals surface area contributed by atoms with Crippen LogP contribution in [0.2, 0.25) is 10.0 Å². The van der Waals surface area contributed by atoms with Crippen LogP contribution in [0.3, 0.4) is 0 Å². The summed E-state index contributed by atoms with van der Waals surface area (Å²) < 4.78 is 5.87. The topological polar surface area (TPSA) is 79.8 Å². The van der Waals surface area contributed by atoms with Crippen molar-refractivity contribution in [3.63, 3.8) is 0 Å². The molecule has 3 aromatic rings. The van der Waals surface area contributed by atoms with E-state index in [1.165, 1.54) is 13.1 Å². The average molecular weight is 456 g/mol. The van der Waals surface area contributed by atoms with Gasteiger partial charge in [-0.05, 0) is 54.1 Å². The number of hydrogen-bond acceptors (Lipinski definition) is 4. The highest BCUT2D eigenvalue weighted by Gasteiger charge is 2.07. The standard InChI is InChI=1S/C23H19Cl2N3O3/c1-15(29)27-21-7-3-5-17(12-21)23(30)28-26-13-18-11-20(25)8-9-22(18)31-14-16-4-2-6-19(24)10-16/h2-13H,14H2,1H3,(H,27,29)(H,28,30)/b26-13-. The second kappa shape index (κ2) is 10.6. The fraction of sp³-hybridized carbons (Fsp3) is 0.0870. The molecule has 158 valence electrons. The molecule has 0 aromatic heterocycles. The summed E-state index contributed by atoms with van der Waals surface area (Å²) in [5, 5.41) is 7.77. The molecule has 0 aliphatic carbocycles. The first-order valence-corrected chi connectivity index (χ1v) is 10.0. The quantitative estimate of drug-likeness (QED) is 0.374. The molecule has 6 nitrogen and oxygen atoms in total. The number of amides is 2. The predicted molar refractivity (Wildman–Crippen MR) is 123 cm³/mol. The number of benzene rings is 3. The van der Waals surface area contributed by atoms with Crippen LogP contribution in [-0.4, -0.2) is 18.0 Å². The van der Waals surface area contributed by atoms with E-state index in [4.69, 9.17) is 27.9 Å². The zero-order chi connectivity index (χ0) is 22.2. The molecule has 0 heterocycles. The third-order valence-corrected chi connectivity index (χ3v) is 4.54. The third-order valence-electron chi connectivity index (χ3n) is 4.07. The van der Waals surface area contributed by atoms with Gasteiger partial charge in [-0.3, -0.25) is 9.59 Å². The van der Waals surface area contributed by atoms with E-state index in [1.807, 2.05) is 18.2 Å². The maximum atomic E-state index is 12.4. The van der Waals surface area contributed by atoms with Crippen molar-refractivity contribution in [1.82, 2.24) is 5.43 Å². The molecule has 0 bridgehead atoms. The number of nitrogens with zero attached hydrogens (tertiary/aromatic N) is 1. The number of carbonyl (C=O) groups is 2. The van der Waals surface area contributed by atoms with Crippen molar-refractivity contribution in [1.29, 1.82) is 0 Å². The van der Waals surface area contributed by atoms with E-state index in [1.54, 1.807) is 48.5 Å². The minimum atomic E-state index is -0.424. The number of ether oxygens (including phenoxy) is 1. The maximum Gasteiger partial charge on any atom is 0.271 e. The van der Waals surface area contributed by atoms with Gasteiger partial charge in [-0.2, -0.15) is 5.10 Å². The van der Waals surface area contributed by atoms with Gasteiger partial charge in [0.15, 0.2) is 0 Å². The minimum absolute atomic E-state index is 0.221. The molecule has 3 rings (SSSR count). The van der Waals surface area contributed by atoms with Gasteiger partial charge < -0.3 is 10.1 Å². The van der Waals surface area contributed by atoms with Crippen molar-refractivity contribution in [2.24, 2.45) is 5.10 Å². The van der Waals surface area contributed by atoms with Crippen LogP contribution in [0.25, 0.3) is 0 Å². The summed E-state index contributed by atoms with van der Waals surface area (Å²) in [5.74, 6) is -0.0938. The van der Waals surface area contributed by atoms with Crippen LogP contribution >= 0.6 is 23.2 Å². The summed E-state index contributed by atoms with van der Waals surface area (Å²) in [5.41, 5.74) is 4.85. The van der Waals surface area contributed by atoms with E-state index < -0.39 is 5.91 Å². The summed E-state index contributed by atoms with van der Waals surface area (Å²) in [6.07, 6.45) is 1.45. The molecule has 2 N–H and O–H groups in total. The van der Waals surface area contributed by atoms with E-state index in [2.05, 4.69) is 15.8 Å². The average Bonchev–Trinajstić information content (AvgIpc) is 2.73. The zero-order valence-corrected chi connectivity index (χ0v) is 18.1. The highest BCUT2D eigenvalue weighted by atomic mass is 35.5. The molecule has 2 amide bonds. The van der Waals surface area contributed by atoms with Crippen LogP contribution in [0.4, 0.5) is 5.69 Å². The van der Waals surface area contributed by atoms with Crippen molar-refractivity contribution in [3.8, 4) is 5.75 Å². The number of nitrogens with one attached hydrogen (secondary N) is 2. The van der Waals surface area contributed by atoms with Gasteiger partial charge in [0.2, 0.25) is 5.91 Å². The molecule has 0 radical (unpaired) electrons. The normalized spacial score (nSPS) is 10.7. The second-order valence-corrected chi connectivity index (χ2v) is 7.43. The van der Waals surface area contributed by atoms with Crippen molar-refractivity contribution < 1.29 is 14.3 Å². The first kappa shape index (κ1) is 22.3. The fourth-order valence-electron chi connectivity index (χ4n) is 2.71. The Hall–Kier alpha value is -3.35. The Labute approximate surface area is 189 Å². The van der Waals surface area contributed by atoms with Crippen molar-refractivity contribution in [2.45, 2.75) is 13.5 Å². The maximum absolute atomic E-state index is 12.4. The lowest BCUT2D eigenvalue weighted by Crippen LogP contribution is -2.18. The smallest absolute Gasteiger partial charge is 0.271 e. The molecule has 8 heteroatoms. The summed E-state index contributed by atoms with van der Waals surface area (Å²) in [4.78, 5) is 23.5. The highest BCUT2D eigenvalue weighted by molar-refractivity contribution is 6.31. The third kappa shape index (κ3) is 6.84. The van der Waals surface area contributed by atoms with Crippen LogP contribution in [0.15, 0.2) is 71.8 Å². The van der Waals surface area contributed by atoms with Crippen molar-refractivity contribution in [2.75, 3.05) is 5.32 Å². The molecule has 0 spiro atoms. The molecule has 0 unspecified atom stereocenters. The number of hydrazone groups is 1. The molecule has 0 saturated carbocycles. The summed E-state index contributed by atoms with van der Waals surface area (Å²) in [6, 6.07) is 19.0. The van der Waals surface area contributed by atoms with Crippen LogP contribution in [0, 0.1) is 0 Å². The Morgan fingerprint density at radius 3 is 2.55 bits per heavy atom. The van der Waals surface area contributed by atoms with Crippen molar-refractivity contribution in [3.05, 3.63) is 93.5 Å². The Kier molecular flexibility index (Phi) is 7.65. The van der Waals surface area contributed by atoms with Gasteiger partial charge in [0.05, 0.1) is 6.21 Å². The monoisotopic (exact) mass is 455 g/mol. The number of anilines is 1. The summed E-state index contributed by atoms with van der Waals surface area (Å²) in [7, 11) is 0. The number of hydrogen-bond donors (Lipinski definition) is 2. The molecule has 0 atom stereocenters. The van der Waals surface area contributed by atoms with Gasteiger partial charge in [0, 0.05) is 33.8 Å². The Balaban J connectivity index is 1.68. The van der Waals surface area contributed by atoms with Crippen molar-refractivity contribution >= 4 is 46.9 Å². The molecule has 3 aromatic carbocycles. The summed E-state index contributed by atoms with van der Waals surface area (Å²) in [6.45, 7) is 1.71. The van der Waals surface area contributed by atoms with Gasteiger partial charge in [-0.15, -0.1) is 0 Å². The van der Waals surface area contributed by atoms with Crippen LogP contribution < -0.4 is 15.5 Å². The van der Waals surface area contributed by atoms with E-state index >= 15 is 0 Å². The van der Waals surface area contributed by atoms with Crippen LogP contribution in [0.1, 0.15) is 28.4 Å². The van der Waals surface area contributed by atoms with E-state index in [0.29, 0.717) is 39.2 Å². The lowest BCUT2D eigenvalue weighted by Gasteiger charge is -2.10. The SMILES string of the molecule is CC(=O)Nc1cccc(C(=O)N/N=C\c2cc(Cl)ccc2OCc2cccc(Cl)c2)c1. The molecule has 0 aliphatic heterocycles. The fourth-order valence-corrected chi connectivity index (χ4v) is 3.10. The Bertz CT molecular complexity index is 1130. The molecule has 0 aliphatic rings. The highest BCUT2D eigenvalue weighted by Crippen LogP contribution is 2.23. The molecular weight excluding hydrogens is 437 g/mol. The van der Waals surface area contributed by atoms with Gasteiger partial charge in [-0.25, -0.2) is 5.43 Å². The number of halogens is 2. The molecule has 31 heavy (non-hydrogen) atoms. The first-order valence-electron chi connectivity index (χ1n) is 9.28. The second-order valence-electron chi connectivity index (χ2n) is 6.56. The van der Waals surface area contributed by atoms with E-state index in [-0.39, 0.29) is 5.91 Å². The largest absolute Gasteiger partial charge is 0.488 e. The van der Waals surface area contributed by atoms with Crippen LogP contribution in [-0.2, 0) is 11.4 Å². The zero-order valence-electron chi connectivity index (χ0n) is 16.6. The molecular formula is C23H19Cl2N3O3. The lowest BCUT2D eigenvalue weighted by atomic mass is 10.2. The van der Waals surface area contributed by atoms with Crippen LogP contribution in [0.5, 0.6) is 5.75 Å². The van der Waals surface area contributed by atoms with Gasteiger partial charge in [-0.1, -0.05) is 41.4 Å². The first-order chi connectivity index (χ1) is 14.9. The number of carbonyl (C=O) groups excluding carboxylic acids is 2. The van der Waals surface area contributed by atoms with E-state index in [0.717, 1.165) is 5.56 Å². The molecule has 0 fully saturated rings. The van der Waals surface area contributed by atoms with Gasteiger partial charge in [0.1, 0.15) is 12.4 Å². The Morgan fingerprint density at radius 1 is 1.00 bits per heavy atom. The number of rotatable bonds is 7. The van der Waals surface area contributed by atoms with Gasteiger partial charge in [0.25, 0.3) is 5.91 Å². The minimum Gasteiger partial charge on any atom is -0.488 e. The predicted octanol–water partition coefficient (Wildman–Crippen LogP) is 5.29.